The Morgan fingerprint density at radius 3 is 2.55 bits per heavy atom. The minimum atomic E-state index is -1.13. The van der Waals surface area contributed by atoms with E-state index in [0.717, 1.165) is 12.1 Å². The summed E-state index contributed by atoms with van der Waals surface area (Å²) in [6.07, 6.45) is 0. The third kappa shape index (κ3) is 3.33. The summed E-state index contributed by atoms with van der Waals surface area (Å²) in [6, 6.07) is 7.85. The third-order valence-corrected chi connectivity index (χ3v) is 3.05. The molecule has 2 rings (SSSR count). The Balaban J connectivity index is 2.20. The zero-order valence-electron chi connectivity index (χ0n) is 10.1. The van der Waals surface area contributed by atoms with E-state index in [1.165, 1.54) is 18.2 Å². The normalized spacial score (nSPS) is 10.3. The second-order valence-corrected chi connectivity index (χ2v) is 4.90. The predicted octanol–water partition coefficient (Wildman–Crippen LogP) is 4.00. The monoisotopic (exact) mass is 342 g/mol. The lowest BCUT2D eigenvalue weighted by molar-refractivity contribution is 0.0691. The molecule has 0 aliphatic rings. The summed E-state index contributed by atoms with van der Waals surface area (Å²) in [5, 5.41) is 9.03. The fourth-order valence-electron chi connectivity index (χ4n) is 1.58. The van der Waals surface area contributed by atoms with Gasteiger partial charge in [0.2, 0.25) is 0 Å². The molecular weight excluding hydrogens is 334 g/mol. The van der Waals surface area contributed by atoms with Crippen LogP contribution in [0.3, 0.4) is 0 Å². The molecular formula is C14H9BrF2O3. The van der Waals surface area contributed by atoms with Gasteiger partial charge in [-0.3, -0.25) is 0 Å². The molecule has 1 N–H and O–H groups in total. The minimum Gasteiger partial charge on any atom is -0.488 e. The maximum atomic E-state index is 13.0. The number of carboxylic acids is 1. The number of hydrogen-bond donors (Lipinski definition) is 1. The summed E-state index contributed by atoms with van der Waals surface area (Å²) in [5.41, 5.74) is 0.399. The molecule has 104 valence electrons. The summed E-state index contributed by atoms with van der Waals surface area (Å²) in [4.78, 5) is 11.0. The molecule has 0 amide bonds. The van der Waals surface area contributed by atoms with E-state index in [0.29, 0.717) is 10.0 Å². The minimum absolute atomic E-state index is 0.00390. The summed E-state index contributed by atoms with van der Waals surface area (Å²) in [6.45, 7) is -0.0616. The van der Waals surface area contributed by atoms with Gasteiger partial charge in [-0.1, -0.05) is 22.0 Å². The van der Waals surface area contributed by atoms with Crippen LogP contribution in [0.2, 0.25) is 0 Å². The smallest absolute Gasteiger partial charge is 0.339 e. The van der Waals surface area contributed by atoms with Crippen LogP contribution < -0.4 is 4.74 Å². The molecule has 0 saturated carbocycles. The van der Waals surface area contributed by atoms with Gasteiger partial charge in [-0.25, -0.2) is 13.6 Å². The van der Waals surface area contributed by atoms with E-state index in [2.05, 4.69) is 15.9 Å². The lowest BCUT2D eigenvalue weighted by atomic mass is 10.2. The molecule has 0 radical (unpaired) electrons. The Bertz CT molecular complexity index is 659. The first-order valence-electron chi connectivity index (χ1n) is 5.57. The number of halogens is 3. The van der Waals surface area contributed by atoms with Gasteiger partial charge in [0, 0.05) is 4.47 Å². The van der Waals surface area contributed by atoms with Crippen LogP contribution in [-0.4, -0.2) is 11.1 Å². The average Bonchev–Trinajstić information content (AvgIpc) is 2.40. The van der Waals surface area contributed by atoms with Crippen LogP contribution in [0.4, 0.5) is 8.78 Å². The first-order chi connectivity index (χ1) is 9.47. The van der Waals surface area contributed by atoms with Crippen molar-refractivity contribution in [3.05, 3.63) is 63.6 Å². The van der Waals surface area contributed by atoms with E-state index < -0.39 is 17.6 Å². The van der Waals surface area contributed by atoms with Crippen molar-refractivity contribution in [2.24, 2.45) is 0 Å². The second-order valence-electron chi connectivity index (χ2n) is 3.98. The largest absolute Gasteiger partial charge is 0.488 e. The summed E-state index contributed by atoms with van der Waals surface area (Å²) in [7, 11) is 0. The van der Waals surface area contributed by atoms with E-state index in [1.807, 2.05) is 0 Å². The number of rotatable bonds is 4. The van der Waals surface area contributed by atoms with Crippen LogP contribution in [0.1, 0.15) is 15.9 Å². The Morgan fingerprint density at radius 1 is 1.15 bits per heavy atom. The van der Waals surface area contributed by atoms with E-state index in [9.17, 15) is 13.6 Å². The first kappa shape index (κ1) is 14.5. The molecule has 2 aromatic carbocycles. The van der Waals surface area contributed by atoms with Crippen molar-refractivity contribution in [2.45, 2.75) is 6.61 Å². The molecule has 2 aromatic rings. The highest BCUT2D eigenvalue weighted by molar-refractivity contribution is 9.10. The highest BCUT2D eigenvalue weighted by Crippen LogP contribution is 2.25. The van der Waals surface area contributed by atoms with E-state index in [1.54, 1.807) is 6.07 Å². The van der Waals surface area contributed by atoms with Gasteiger partial charge in [0.25, 0.3) is 0 Å². The van der Waals surface area contributed by atoms with Gasteiger partial charge in [0.1, 0.15) is 17.9 Å². The maximum Gasteiger partial charge on any atom is 0.339 e. The summed E-state index contributed by atoms with van der Waals surface area (Å²) in [5.74, 6) is -2.89. The lowest BCUT2D eigenvalue weighted by Gasteiger charge is -2.10. The van der Waals surface area contributed by atoms with Gasteiger partial charge in [-0.2, -0.15) is 0 Å². The second kappa shape index (κ2) is 6.00. The molecule has 20 heavy (non-hydrogen) atoms. The zero-order chi connectivity index (χ0) is 14.7. The van der Waals surface area contributed by atoms with Crippen molar-refractivity contribution in [1.29, 1.82) is 0 Å². The molecule has 3 nitrogen and oxygen atoms in total. The highest BCUT2D eigenvalue weighted by atomic mass is 79.9. The molecule has 0 bridgehead atoms. The molecule has 0 fully saturated rings. The first-order valence-corrected chi connectivity index (χ1v) is 6.36. The van der Waals surface area contributed by atoms with Crippen molar-refractivity contribution in [1.82, 2.24) is 0 Å². The van der Waals surface area contributed by atoms with Crippen LogP contribution in [0.15, 0.2) is 40.9 Å². The molecule has 0 spiro atoms. The highest BCUT2D eigenvalue weighted by Gasteiger charge is 2.12. The standard InChI is InChI=1S/C14H9BrF2O3/c15-9-2-3-10(14(18)19)13(6-9)20-7-8-1-4-11(16)12(17)5-8/h1-6H,7H2,(H,18,19). The molecule has 0 atom stereocenters. The fraction of sp³-hybridized carbons (Fsp3) is 0.0714. The van der Waals surface area contributed by atoms with Crippen molar-refractivity contribution in [3.8, 4) is 5.75 Å². The lowest BCUT2D eigenvalue weighted by Crippen LogP contribution is -2.04. The van der Waals surface area contributed by atoms with Gasteiger partial charge in [0.15, 0.2) is 11.6 Å². The van der Waals surface area contributed by atoms with Gasteiger partial charge in [-0.15, -0.1) is 0 Å². The van der Waals surface area contributed by atoms with Crippen molar-refractivity contribution in [3.63, 3.8) is 0 Å². The van der Waals surface area contributed by atoms with Gasteiger partial charge >= 0.3 is 5.97 Å². The zero-order valence-corrected chi connectivity index (χ0v) is 11.7. The Hall–Kier alpha value is -1.95. The number of carbonyl (C=O) groups is 1. The fourth-order valence-corrected chi connectivity index (χ4v) is 1.92. The molecule has 6 heteroatoms. The number of aromatic carboxylic acids is 1. The summed E-state index contributed by atoms with van der Waals surface area (Å²) < 4.78 is 31.8. The number of ether oxygens (including phenoxy) is 1. The Morgan fingerprint density at radius 2 is 1.90 bits per heavy atom. The Kier molecular flexibility index (Phi) is 4.34. The van der Waals surface area contributed by atoms with Crippen LogP contribution in [-0.2, 0) is 6.61 Å². The maximum absolute atomic E-state index is 13.0. The number of benzene rings is 2. The quantitative estimate of drug-likeness (QED) is 0.913. The average molecular weight is 343 g/mol. The van der Waals surface area contributed by atoms with Crippen LogP contribution in [0.5, 0.6) is 5.75 Å². The van der Waals surface area contributed by atoms with Crippen LogP contribution in [0.25, 0.3) is 0 Å². The molecule has 0 saturated heterocycles. The summed E-state index contributed by atoms with van der Waals surface area (Å²) >= 11 is 3.21. The molecule has 0 aliphatic carbocycles. The van der Waals surface area contributed by atoms with Crippen molar-refractivity contribution >= 4 is 21.9 Å². The van der Waals surface area contributed by atoms with Gasteiger partial charge < -0.3 is 9.84 Å². The predicted molar refractivity (Wildman–Crippen MR) is 71.8 cm³/mol. The van der Waals surface area contributed by atoms with Crippen molar-refractivity contribution < 1.29 is 23.4 Å². The molecule has 0 heterocycles. The molecule has 0 aliphatic heterocycles. The van der Waals surface area contributed by atoms with Gasteiger partial charge in [0.05, 0.1) is 0 Å². The van der Waals surface area contributed by atoms with E-state index in [-0.39, 0.29) is 17.9 Å². The Labute approximate surface area is 121 Å². The van der Waals surface area contributed by atoms with Crippen LogP contribution in [0, 0.1) is 11.6 Å². The molecule has 0 unspecified atom stereocenters. The molecule has 0 aromatic heterocycles. The SMILES string of the molecule is O=C(O)c1ccc(Br)cc1OCc1ccc(F)c(F)c1. The van der Waals surface area contributed by atoms with Crippen molar-refractivity contribution in [2.75, 3.05) is 0 Å². The van der Waals surface area contributed by atoms with Gasteiger partial charge in [-0.05, 0) is 35.9 Å². The number of carboxylic acid groups (broad SMARTS) is 1. The van der Waals surface area contributed by atoms with Crippen LogP contribution >= 0.6 is 15.9 Å². The van der Waals surface area contributed by atoms with E-state index >= 15 is 0 Å². The third-order valence-electron chi connectivity index (χ3n) is 2.55. The topological polar surface area (TPSA) is 46.5 Å². The van der Waals surface area contributed by atoms with E-state index in [4.69, 9.17) is 9.84 Å². The number of hydrogen-bond acceptors (Lipinski definition) is 2.